The zero-order valence-corrected chi connectivity index (χ0v) is 27.1. The molecule has 0 aliphatic carbocycles. The highest BCUT2D eigenvalue weighted by Crippen LogP contribution is 2.36. The number of hydrogen-bond donors (Lipinski definition) is 2. The number of piperazine rings is 1. The number of nitrogens with zero attached hydrogens (tertiary/aromatic N) is 7. The van der Waals surface area contributed by atoms with Gasteiger partial charge in [-0.25, -0.2) is 15.0 Å². The van der Waals surface area contributed by atoms with Gasteiger partial charge in [-0.15, -0.1) is 0 Å². The smallest absolute Gasteiger partial charge is 0.258 e. The molecule has 0 radical (unpaired) electrons. The van der Waals surface area contributed by atoms with Gasteiger partial charge in [-0.1, -0.05) is 11.6 Å². The summed E-state index contributed by atoms with van der Waals surface area (Å²) in [4.78, 5) is 46.4. The third-order valence-corrected chi connectivity index (χ3v) is 10.1. The van der Waals surface area contributed by atoms with E-state index < -0.39 is 5.60 Å². The van der Waals surface area contributed by atoms with Gasteiger partial charge >= 0.3 is 0 Å². The molecule has 8 rings (SSSR count). The number of aromatic nitrogens is 5. The summed E-state index contributed by atoms with van der Waals surface area (Å²) in [7, 11) is 1.56. The Morgan fingerprint density at radius 3 is 2.58 bits per heavy atom. The number of rotatable bonds is 8. The first kappa shape index (κ1) is 30.4. The van der Waals surface area contributed by atoms with Gasteiger partial charge in [-0.2, -0.15) is 5.10 Å². The van der Waals surface area contributed by atoms with Gasteiger partial charge in [0.1, 0.15) is 10.8 Å². The van der Waals surface area contributed by atoms with Crippen molar-refractivity contribution in [1.82, 2.24) is 34.9 Å². The van der Waals surface area contributed by atoms with Crippen molar-refractivity contribution in [3.05, 3.63) is 84.4 Å². The van der Waals surface area contributed by atoms with Crippen LogP contribution in [0.4, 0.5) is 11.4 Å². The number of amides is 2. The maximum atomic E-state index is 13.7. The van der Waals surface area contributed by atoms with Crippen molar-refractivity contribution >= 4 is 45.7 Å². The van der Waals surface area contributed by atoms with Crippen LogP contribution in [0.25, 0.3) is 33.5 Å². The minimum absolute atomic E-state index is 0.0974. The van der Waals surface area contributed by atoms with Gasteiger partial charge in [0.2, 0.25) is 5.91 Å². The van der Waals surface area contributed by atoms with Crippen molar-refractivity contribution in [2.24, 2.45) is 0 Å². The molecule has 3 aliphatic rings. The topological polar surface area (TPSA) is 132 Å². The number of halogens is 1. The Kier molecular flexibility index (Phi) is 7.78. The quantitative estimate of drug-likeness (QED) is 0.234. The van der Waals surface area contributed by atoms with Gasteiger partial charge in [0.25, 0.3) is 5.91 Å². The van der Waals surface area contributed by atoms with Crippen LogP contribution in [0.2, 0.25) is 5.15 Å². The first-order valence-corrected chi connectivity index (χ1v) is 16.4. The molecule has 13 heteroatoms. The fourth-order valence-electron chi connectivity index (χ4n) is 7.37. The second-order valence-corrected chi connectivity index (χ2v) is 13.1. The molecule has 0 saturated carbocycles. The summed E-state index contributed by atoms with van der Waals surface area (Å²) in [6.07, 6.45) is 6.56. The number of benzene rings is 2. The van der Waals surface area contributed by atoms with Crippen LogP contribution >= 0.6 is 11.6 Å². The molecule has 6 heterocycles. The number of ether oxygens (including phenoxy) is 1. The Morgan fingerprint density at radius 1 is 1.00 bits per heavy atom. The molecule has 3 fully saturated rings. The minimum Gasteiger partial charge on any atom is -0.367 e. The third kappa shape index (κ3) is 5.55. The van der Waals surface area contributed by atoms with Crippen LogP contribution in [-0.2, 0) is 14.3 Å². The van der Waals surface area contributed by atoms with Crippen molar-refractivity contribution in [1.29, 1.82) is 0 Å². The van der Waals surface area contributed by atoms with Gasteiger partial charge in [-0.05, 0) is 73.5 Å². The predicted molar refractivity (Wildman–Crippen MR) is 182 cm³/mol. The van der Waals surface area contributed by atoms with Crippen molar-refractivity contribution in [3.8, 4) is 22.6 Å². The second kappa shape index (κ2) is 12.3. The number of carbonyl (C=O) groups excluding carboxylic acids is 2. The first-order valence-electron chi connectivity index (χ1n) is 16.0. The maximum absolute atomic E-state index is 13.7. The lowest BCUT2D eigenvalue weighted by molar-refractivity contribution is -0.138. The van der Waals surface area contributed by atoms with Gasteiger partial charge in [0, 0.05) is 85.8 Å². The zero-order chi connectivity index (χ0) is 32.8. The van der Waals surface area contributed by atoms with Crippen molar-refractivity contribution in [3.63, 3.8) is 0 Å². The highest BCUT2D eigenvalue weighted by Gasteiger charge is 2.48. The first-order chi connectivity index (χ1) is 23.4. The van der Waals surface area contributed by atoms with Crippen molar-refractivity contribution in [2.45, 2.75) is 30.5 Å². The number of aromatic amines is 1. The van der Waals surface area contributed by atoms with E-state index in [4.69, 9.17) is 16.3 Å². The van der Waals surface area contributed by atoms with Crippen LogP contribution in [0, 0.1) is 0 Å². The number of fused-ring (bicyclic) bond motifs is 3. The molecule has 3 aromatic heterocycles. The van der Waals surface area contributed by atoms with Gasteiger partial charge in [-0.3, -0.25) is 19.6 Å². The monoisotopic (exact) mass is 663 g/mol. The fraction of sp³-hybridized carbons (Fsp3) is 0.314. The summed E-state index contributed by atoms with van der Waals surface area (Å²) < 4.78 is 5.86. The van der Waals surface area contributed by atoms with E-state index in [9.17, 15) is 9.59 Å². The summed E-state index contributed by atoms with van der Waals surface area (Å²) in [5.74, 6) is 0.565. The Morgan fingerprint density at radius 2 is 1.83 bits per heavy atom. The largest absolute Gasteiger partial charge is 0.367 e. The summed E-state index contributed by atoms with van der Waals surface area (Å²) in [6, 6.07) is 19.8. The molecular weight excluding hydrogens is 630 g/mol. The SMILES string of the molecule is CO[C@@]1(C(=O)Nc2ccc3[nH]nc(-c4ccnc(Cl)c4)c3c2)CCN(CC(=O)N2C[C@@H]3C[C@H]2CN3c2ccc(-c3ncccn3)cc2)C1. The zero-order valence-electron chi connectivity index (χ0n) is 26.3. The molecule has 0 spiro atoms. The van der Waals surface area contributed by atoms with E-state index in [1.54, 1.807) is 31.8 Å². The Labute approximate surface area is 282 Å². The summed E-state index contributed by atoms with van der Waals surface area (Å²) >= 11 is 6.11. The normalized spacial score (nSPS) is 22.1. The Bertz CT molecular complexity index is 1990. The summed E-state index contributed by atoms with van der Waals surface area (Å²) in [6.45, 7) is 2.68. The molecule has 5 aromatic rings. The highest BCUT2D eigenvalue weighted by molar-refractivity contribution is 6.29. The third-order valence-electron chi connectivity index (χ3n) is 9.88. The molecule has 244 valence electrons. The average molecular weight is 664 g/mol. The summed E-state index contributed by atoms with van der Waals surface area (Å²) in [5, 5.41) is 11.8. The number of carbonyl (C=O) groups is 2. The molecule has 12 nitrogen and oxygen atoms in total. The Hall–Kier alpha value is -4.91. The van der Waals surface area contributed by atoms with E-state index in [0.29, 0.717) is 48.4 Å². The molecule has 3 atom stereocenters. The predicted octanol–water partition coefficient (Wildman–Crippen LogP) is 4.25. The lowest BCUT2D eigenvalue weighted by Crippen LogP contribution is -2.52. The molecule has 2 aromatic carbocycles. The van der Waals surface area contributed by atoms with Gasteiger partial charge in [0.15, 0.2) is 11.4 Å². The van der Waals surface area contributed by atoms with Crippen molar-refractivity contribution in [2.75, 3.05) is 50.1 Å². The van der Waals surface area contributed by atoms with E-state index in [0.717, 1.165) is 40.7 Å². The van der Waals surface area contributed by atoms with E-state index in [2.05, 4.69) is 59.6 Å². The number of hydrogen-bond acceptors (Lipinski definition) is 9. The van der Waals surface area contributed by atoms with E-state index in [1.807, 2.05) is 40.1 Å². The molecule has 48 heavy (non-hydrogen) atoms. The van der Waals surface area contributed by atoms with Crippen LogP contribution in [-0.4, -0.2) is 104 Å². The lowest BCUT2D eigenvalue weighted by Gasteiger charge is -2.36. The average Bonchev–Trinajstić information content (AvgIpc) is 3.92. The molecule has 2 N–H and O–H groups in total. The Balaban J connectivity index is 0.886. The van der Waals surface area contributed by atoms with Crippen LogP contribution in [0.5, 0.6) is 0 Å². The lowest BCUT2D eigenvalue weighted by atomic mass is 10.0. The summed E-state index contributed by atoms with van der Waals surface area (Å²) in [5.41, 5.74) is 4.06. The number of pyridine rings is 1. The number of methoxy groups -OCH3 is 1. The second-order valence-electron chi connectivity index (χ2n) is 12.7. The van der Waals surface area contributed by atoms with Crippen LogP contribution in [0.1, 0.15) is 12.8 Å². The van der Waals surface area contributed by atoms with E-state index >= 15 is 0 Å². The van der Waals surface area contributed by atoms with Gasteiger partial charge in [0.05, 0.1) is 18.1 Å². The molecule has 3 saturated heterocycles. The van der Waals surface area contributed by atoms with Crippen LogP contribution in [0.3, 0.4) is 0 Å². The van der Waals surface area contributed by atoms with Crippen LogP contribution in [0.15, 0.2) is 79.3 Å². The number of anilines is 2. The van der Waals surface area contributed by atoms with E-state index in [1.165, 1.54) is 0 Å². The minimum atomic E-state index is -1.06. The van der Waals surface area contributed by atoms with Crippen molar-refractivity contribution < 1.29 is 14.3 Å². The van der Waals surface area contributed by atoms with Crippen LogP contribution < -0.4 is 10.2 Å². The number of likely N-dealkylation sites (tertiary alicyclic amines) is 2. The maximum Gasteiger partial charge on any atom is 0.258 e. The number of nitrogens with one attached hydrogen (secondary N) is 2. The number of H-pyrrole nitrogens is 1. The molecule has 3 aliphatic heterocycles. The van der Waals surface area contributed by atoms with Gasteiger partial charge < -0.3 is 19.9 Å². The highest BCUT2D eigenvalue weighted by atomic mass is 35.5. The molecule has 2 amide bonds. The molecular formula is C35H34ClN9O3. The van der Waals surface area contributed by atoms with E-state index in [-0.39, 0.29) is 30.4 Å². The molecule has 0 unspecified atom stereocenters. The standard InChI is InChI=1S/C35H34ClN9O3/c1-48-35(34(47)40-24-5-8-29-28(16-24)32(42-41-29)23-9-13-37-30(36)15-23)10-14-43(21-35)20-31(46)45-19-26-17-27(45)18-44(26)25-6-3-22(4-7-25)33-38-11-2-12-39-33/h2-9,11-13,15-16,26-27H,10,14,17-21H2,1H3,(H,40,47)(H,41,42)/t26-,27-,35-/m0/s1. The molecule has 2 bridgehead atoms. The fourth-order valence-corrected chi connectivity index (χ4v) is 7.54.